The molecular formula is C17H22N4O3. The van der Waals surface area contributed by atoms with E-state index in [2.05, 4.69) is 20.4 Å². The molecule has 24 heavy (non-hydrogen) atoms. The molecule has 1 saturated carbocycles. The lowest BCUT2D eigenvalue weighted by atomic mass is 10.2. The fourth-order valence-electron chi connectivity index (χ4n) is 3.27. The number of hydrogen-bond donors (Lipinski definition) is 1. The Bertz CT molecular complexity index is 693. The summed E-state index contributed by atoms with van der Waals surface area (Å²) in [6.07, 6.45) is 5.90. The van der Waals surface area contributed by atoms with Crippen molar-refractivity contribution in [2.24, 2.45) is 0 Å². The minimum Gasteiger partial charge on any atom is -0.467 e. The van der Waals surface area contributed by atoms with Gasteiger partial charge in [0.2, 0.25) is 11.8 Å². The Balaban J connectivity index is 1.36. The Kier molecular flexibility index (Phi) is 4.10. The molecule has 7 heteroatoms. The molecule has 2 aromatic rings. The van der Waals surface area contributed by atoms with Crippen LogP contribution in [0.25, 0.3) is 0 Å². The Morgan fingerprint density at radius 1 is 1.46 bits per heavy atom. The van der Waals surface area contributed by atoms with Gasteiger partial charge in [-0.25, -0.2) is 0 Å². The quantitative estimate of drug-likeness (QED) is 0.876. The summed E-state index contributed by atoms with van der Waals surface area (Å²) in [5, 5.41) is 7.12. The van der Waals surface area contributed by atoms with E-state index in [1.54, 1.807) is 6.26 Å². The van der Waals surface area contributed by atoms with Gasteiger partial charge in [0.25, 0.3) is 0 Å². The Labute approximate surface area is 140 Å². The molecular weight excluding hydrogens is 308 g/mol. The highest BCUT2D eigenvalue weighted by Crippen LogP contribution is 2.40. The zero-order valence-electron chi connectivity index (χ0n) is 13.8. The first-order valence-corrected chi connectivity index (χ1v) is 8.61. The van der Waals surface area contributed by atoms with Crippen LogP contribution in [0.15, 0.2) is 27.3 Å². The standard InChI is InChI=1S/C17H22N4O3/c1-11(14-5-3-9-23-14)18-15(22)10-21-8-2-4-13(21)16-19-17(24-20-16)12-6-7-12/h3,5,9,11-13H,2,4,6-8,10H2,1H3,(H,18,22)/t11-,13-/m1/s1. The molecule has 1 N–H and O–H groups in total. The van der Waals surface area contributed by atoms with Gasteiger partial charge in [-0.3, -0.25) is 9.69 Å². The van der Waals surface area contributed by atoms with E-state index in [-0.39, 0.29) is 18.0 Å². The predicted molar refractivity (Wildman–Crippen MR) is 85.1 cm³/mol. The van der Waals surface area contributed by atoms with Crippen LogP contribution in [0.1, 0.15) is 68.1 Å². The van der Waals surface area contributed by atoms with Crippen LogP contribution in [-0.2, 0) is 4.79 Å². The van der Waals surface area contributed by atoms with E-state index in [1.165, 1.54) is 0 Å². The monoisotopic (exact) mass is 330 g/mol. The van der Waals surface area contributed by atoms with Gasteiger partial charge in [-0.1, -0.05) is 5.16 Å². The van der Waals surface area contributed by atoms with Crippen molar-refractivity contribution in [3.8, 4) is 0 Å². The van der Waals surface area contributed by atoms with E-state index in [1.807, 2.05) is 19.1 Å². The Hall–Kier alpha value is -2.15. The maximum Gasteiger partial charge on any atom is 0.234 e. The smallest absolute Gasteiger partial charge is 0.234 e. The van der Waals surface area contributed by atoms with Crippen molar-refractivity contribution in [1.29, 1.82) is 0 Å². The van der Waals surface area contributed by atoms with Gasteiger partial charge in [0.05, 0.1) is 24.9 Å². The normalized spacial score (nSPS) is 22.6. The van der Waals surface area contributed by atoms with Crippen LogP contribution in [0.5, 0.6) is 0 Å². The van der Waals surface area contributed by atoms with Crippen LogP contribution in [0.4, 0.5) is 0 Å². The molecule has 0 spiro atoms. The molecule has 2 aromatic heterocycles. The highest BCUT2D eigenvalue weighted by Gasteiger charge is 2.34. The number of furan rings is 1. The van der Waals surface area contributed by atoms with Gasteiger partial charge in [-0.2, -0.15) is 4.98 Å². The molecule has 1 saturated heterocycles. The Morgan fingerprint density at radius 2 is 2.33 bits per heavy atom. The van der Waals surface area contributed by atoms with Gasteiger partial charge in [-0.05, 0) is 51.3 Å². The largest absolute Gasteiger partial charge is 0.467 e. The lowest BCUT2D eigenvalue weighted by Gasteiger charge is -2.22. The van der Waals surface area contributed by atoms with Gasteiger partial charge in [0.15, 0.2) is 5.82 Å². The first-order valence-electron chi connectivity index (χ1n) is 8.61. The van der Waals surface area contributed by atoms with Crippen molar-refractivity contribution >= 4 is 5.91 Å². The first kappa shape index (κ1) is 15.4. The van der Waals surface area contributed by atoms with E-state index >= 15 is 0 Å². The van der Waals surface area contributed by atoms with Gasteiger partial charge >= 0.3 is 0 Å². The summed E-state index contributed by atoms with van der Waals surface area (Å²) in [6.45, 7) is 3.13. The average molecular weight is 330 g/mol. The number of carbonyl (C=O) groups excluding carboxylic acids is 1. The summed E-state index contributed by atoms with van der Waals surface area (Å²) in [6, 6.07) is 3.62. The van der Waals surface area contributed by atoms with E-state index in [0.29, 0.717) is 12.5 Å². The van der Waals surface area contributed by atoms with Crippen molar-refractivity contribution in [1.82, 2.24) is 20.4 Å². The van der Waals surface area contributed by atoms with Crippen LogP contribution in [0, 0.1) is 0 Å². The third-order valence-electron chi connectivity index (χ3n) is 4.74. The summed E-state index contributed by atoms with van der Waals surface area (Å²) >= 11 is 0. The summed E-state index contributed by atoms with van der Waals surface area (Å²) in [5.41, 5.74) is 0. The van der Waals surface area contributed by atoms with Crippen LogP contribution in [0.2, 0.25) is 0 Å². The van der Waals surface area contributed by atoms with Gasteiger partial charge < -0.3 is 14.3 Å². The molecule has 0 radical (unpaired) electrons. The van der Waals surface area contributed by atoms with E-state index in [4.69, 9.17) is 8.94 Å². The maximum atomic E-state index is 12.3. The van der Waals surface area contributed by atoms with E-state index < -0.39 is 0 Å². The number of rotatable bonds is 6. The van der Waals surface area contributed by atoms with Crippen LogP contribution >= 0.6 is 0 Å². The second kappa shape index (κ2) is 6.39. The number of aromatic nitrogens is 2. The number of carbonyl (C=O) groups is 1. The van der Waals surface area contributed by atoms with Gasteiger partial charge in [-0.15, -0.1) is 0 Å². The molecule has 0 bridgehead atoms. The van der Waals surface area contributed by atoms with E-state index in [9.17, 15) is 4.79 Å². The third kappa shape index (κ3) is 3.21. The SMILES string of the molecule is C[C@@H](NC(=O)CN1CCC[C@@H]1c1noc(C2CC2)n1)c1ccco1. The minimum absolute atomic E-state index is 0.0169. The molecule has 1 aliphatic carbocycles. The number of hydrogen-bond acceptors (Lipinski definition) is 6. The van der Waals surface area contributed by atoms with Gasteiger partial charge in [0.1, 0.15) is 5.76 Å². The van der Waals surface area contributed by atoms with Crippen LogP contribution in [0.3, 0.4) is 0 Å². The molecule has 2 fully saturated rings. The average Bonchev–Trinajstić information content (AvgIpc) is 3.01. The summed E-state index contributed by atoms with van der Waals surface area (Å²) in [5.74, 6) is 2.68. The number of nitrogens with zero attached hydrogens (tertiary/aromatic N) is 3. The van der Waals surface area contributed by atoms with Crippen molar-refractivity contribution in [2.75, 3.05) is 13.1 Å². The maximum absolute atomic E-state index is 12.3. The van der Waals surface area contributed by atoms with Crippen LogP contribution < -0.4 is 5.32 Å². The Morgan fingerprint density at radius 3 is 3.08 bits per heavy atom. The molecule has 2 atom stereocenters. The third-order valence-corrected chi connectivity index (χ3v) is 4.74. The van der Waals surface area contributed by atoms with Crippen molar-refractivity contribution < 1.29 is 13.7 Å². The molecule has 1 amide bonds. The molecule has 7 nitrogen and oxygen atoms in total. The lowest BCUT2D eigenvalue weighted by molar-refractivity contribution is -0.123. The highest BCUT2D eigenvalue weighted by molar-refractivity contribution is 5.78. The number of likely N-dealkylation sites (tertiary alicyclic amines) is 1. The fraction of sp³-hybridized carbons (Fsp3) is 0.588. The van der Waals surface area contributed by atoms with Crippen LogP contribution in [-0.4, -0.2) is 34.0 Å². The van der Waals surface area contributed by atoms with Gasteiger partial charge in [0, 0.05) is 5.92 Å². The minimum atomic E-state index is -0.139. The van der Waals surface area contributed by atoms with Crippen molar-refractivity contribution in [3.63, 3.8) is 0 Å². The summed E-state index contributed by atoms with van der Waals surface area (Å²) < 4.78 is 10.7. The lowest BCUT2D eigenvalue weighted by Crippen LogP contribution is -2.38. The first-order chi connectivity index (χ1) is 11.7. The predicted octanol–water partition coefficient (Wildman–Crippen LogP) is 2.55. The zero-order valence-corrected chi connectivity index (χ0v) is 13.8. The topological polar surface area (TPSA) is 84.4 Å². The second-order valence-electron chi connectivity index (χ2n) is 6.70. The second-order valence-corrected chi connectivity index (χ2v) is 6.70. The zero-order chi connectivity index (χ0) is 16.5. The summed E-state index contributed by atoms with van der Waals surface area (Å²) in [4.78, 5) is 19.0. The summed E-state index contributed by atoms with van der Waals surface area (Å²) in [7, 11) is 0. The fourth-order valence-corrected chi connectivity index (χ4v) is 3.27. The molecule has 0 aromatic carbocycles. The van der Waals surface area contributed by atoms with Crippen molar-refractivity contribution in [3.05, 3.63) is 35.9 Å². The van der Waals surface area contributed by atoms with E-state index in [0.717, 1.165) is 49.7 Å². The molecule has 0 unspecified atom stereocenters. The molecule has 3 heterocycles. The molecule has 4 rings (SSSR count). The number of nitrogens with one attached hydrogen (secondary N) is 1. The molecule has 128 valence electrons. The highest BCUT2D eigenvalue weighted by atomic mass is 16.5. The molecule has 2 aliphatic rings. The van der Waals surface area contributed by atoms with Crippen molar-refractivity contribution in [2.45, 2.75) is 50.6 Å². The molecule has 1 aliphatic heterocycles. The number of amides is 1.